The Morgan fingerprint density at radius 1 is 1.45 bits per heavy atom. The van der Waals surface area contributed by atoms with E-state index in [1.54, 1.807) is 22.9 Å². The van der Waals surface area contributed by atoms with E-state index in [0.717, 1.165) is 15.0 Å². The van der Waals surface area contributed by atoms with Crippen LogP contribution >= 0.6 is 22.9 Å². The third kappa shape index (κ3) is 2.07. The molecule has 0 bridgehead atoms. The molecule has 0 unspecified atom stereocenters. The zero-order valence-corrected chi connectivity index (χ0v) is 12.1. The SMILES string of the molecule is Cc1c(C(=O)O)nnn1Cc1sc2ccccc2c1Cl. The second kappa shape index (κ2) is 4.88. The number of carbonyl (C=O) groups is 1. The molecule has 20 heavy (non-hydrogen) atoms. The van der Waals surface area contributed by atoms with E-state index in [0.29, 0.717) is 17.3 Å². The van der Waals surface area contributed by atoms with E-state index < -0.39 is 5.97 Å². The standard InChI is InChI=1S/C13H10ClN3O2S/c1-7-12(13(18)19)15-16-17(7)6-10-11(14)8-4-2-3-5-9(8)20-10/h2-5H,6H2,1H3,(H,18,19). The van der Waals surface area contributed by atoms with Gasteiger partial charge in [-0.15, -0.1) is 16.4 Å². The van der Waals surface area contributed by atoms with Crippen LogP contribution in [0.3, 0.4) is 0 Å². The van der Waals surface area contributed by atoms with Gasteiger partial charge in [-0.05, 0) is 13.0 Å². The van der Waals surface area contributed by atoms with Crippen molar-refractivity contribution >= 4 is 39.0 Å². The van der Waals surface area contributed by atoms with Crippen LogP contribution in [0.1, 0.15) is 21.1 Å². The molecule has 7 heteroatoms. The summed E-state index contributed by atoms with van der Waals surface area (Å²) in [5.74, 6) is -1.07. The summed E-state index contributed by atoms with van der Waals surface area (Å²) >= 11 is 7.94. The topological polar surface area (TPSA) is 68.0 Å². The molecular weight excluding hydrogens is 298 g/mol. The van der Waals surface area contributed by atoms with Gasteiger partial charge in [0.05, 0.1) is 17.3 Å². The highest BCUT2D eigenvalue weighted by Crippen LogP contribution is 2.35. The van der Waals surface area contributed by atoms with Crippen molar-refractivity contribution in [1.82, 2.24) is 15.0 Å². The smallest absolute Gasteiger partial charge is 0.358 e. The normalized spacial score (nSPS) is 11.1. The first-order valence-corrected chi connectivity index (χ1v) is 7.06. The fraction of sp³-hybridized carbons (Fsp3) is 0.154. The number of carboxylic acid groups (broad SMARTS) is 1. The molecule has 0 saturated heterocycles. The Hall–Kier alpha value is -1.92. The highest BCUT2D eigenvalue weighted by molar-refractivity contribution is 7.19. The lowest BCUT2D eigenvalue weighted by atomic mass is 10.2. The third-order valence-electron chi connectivity index (χ3n) is 3.08. The molecule has 5 nitrogen and oxygen atoms in total. The maximum absolute atomic E-state index is 11.0. The molecule has 0 spiro atoms. The first-order valence-electron chi connectivity index (χ1n) is 5.87. The molecule has 0 radical (unpaired) electrons. The van der Waals surface area contributed by atoms with Gasteiger partial charge in [-0.3, -0.25) is 0 Å². The zero-order valence-electron chi connectivity index (χ0n) is 10.5. The van der Waals surface area contributed by atoms with Gasteiger partial charge in [0.25, 0.3) is 0 Å². The average Bonchev–Trinajstić information content (AvgIpc) is 2.93. The number of fused-ring (bicyclic) bond motifs is 1. The van der Waals surface area contributed by atoms with E-state index in [9.17, 15) is 4.79 Å². The molecule has 0 aliphatic carbocycles. The number of benzene rings is 1. The summed E-state index contributed by atoms with van der Waals surface area (Å²) in [4.78, 5) is 11.9. The number of thiophene rings is 1. The third-order valence-corrected chi connectivity index (χ3v) is 4.78. The van der Waals surface area contributed by atoms with Crippen molar-refractivity contribution in [3.05, 3.63) is 45.6 Å². The fourth-order valence-corrected chi connectivity index (χ4v) is 3.49. The van der Waals surface area contributed by atoms with E-state index in [1.165, 1.54) is 0 Å². The first-order chi connectivity index (χ1) is 9.58. The summed E-state index contributed by atoms with van der Waals surface area (Å²) in [6, 6.07) is 7.87. The van der Waals surface area contributed by atoms with Gasteiger partial charge in [-0.25, -0.2) is 9.48 Å². The average molecular weight is 308 g/mol. The van der Waals surface area contributed by atoms with Crippen molar-refractivity contribution in [1.29, 1.82) is 0 Å². The van der Waals surface area contributed by atoms with Crippen molar-refractivity contribution in [2.45, 2.75) is 13.5 Å². The number of hydrogen-bond acceptors (Lipinski definition) is 4. The van der Waals surface area contributed by atoms with Crippen molar-refractivity contribution < 1.29 is 9.90 Å². The van der Waals surface area contributed by atoms with Gasteiger partial charge < -0.3 is 5.11 Å². The van der Waals surface area contributed by atoms with Crippen LogP contribution in [0.15, 0.2) is 24.3 Å². The van der Waals surface area contributed by atoms with Crippen molar-refractivity contribution in [2.24, 2.45) is 0 Å². The first kappa shape index (κ1) is 13.1. The van der Waals surface area contributed by atoms with Crippen LogP contribution in [0.4, 0.5) is 0 Å². The number of hydrogen-bond donors (Lipinski definition) is 1. The molecule has 0 aliphatic heterocycles. The van der Waals surface area contributed by atoms with Gasteiger partial charge >= 0.3 is 5.97 Å². The lowest BCUT2D eigenvalue weighted by Crippen LogP contribution is -2.05. The quantitative estimate of drug-likeness (QED) is 0.807. The zero-order chi connectivity index (χ0) is 14.3. The van der Waals surface area contributed by atoms with Gasteiger partial charge in [0.2, 0.25) is 0 Å². The minimum absolute atomic E-state index is 0.0257. The van der Waals surface area contributed by atoms with E-state index in [1.807, 2.05) is 24.3 Å². The Labute approximate surface area is 123 Å². The van der Waals surface area contributed by atoms with Gasteiger partial charge in [-0.2, -0.15) is 0 Å². The van der Waals surface area contributed by atoms with E-state index in [2.05, 4.69) is 10.3 Å². The Morgan fingerprint density at radius 3 is 2.85 bits per heavy atom. The maximum Gasteiger partial charge on any atom is 0.358 e. The summed E-state index contributed by atoms with van der Waals surface area (Å²) in [6.45, 7) is 2.11. The molecule has 2 heterocycles. The molecule has 102 valence electrons. The Morgan fingerprint density at radius 2 is 2.20 bits per heavy atom. The monoisotopic (exact) mass is 307 g/mol. The van der Waals surface area contributed by atoms with Crippen LogP contribution in [0.5, 0.6) is 0 Å². The van der Waals surface area contributed by atoms with Gasteiger partial charge in [0, 0.05) is 15.0 Å². The minimum Gasteiger partial charge on any atom is -0.476 e. The number of aromatic carboxylic acids is 1. The molecule has 3 aromatic rings. The molecule has 1 N–H and O–H groups in total. The Bertz CT molecular complexity index is 809. The van der Waals surface area contributed by atoms with Crippen molar-refractivity contribution in [3.8, 4) is 0 Å². The molecule has 0 fully saturated rings. The molecule has 1 aromatic carbocycles. The second-order valence-electron chi connectivity index (χ2n) is 4.32. The summed E-state index contributed by atoms with van der Waals surface area (Å²) in [5.41, 5.74) is 0.494. The number of rotatable bonds is 3. The molecule has 0 amide bonds. The number of aromatic nitrogens is 3. The van der Waals surface area contributed by atoms with E-state index in [-0.39, 0.29) is 5.69 Å². The predicted molar refractivity (Wildman–Crippen MR) is 77.7 cm³/mol. The van der Waals surface area contributed by atoms with E-state index >= 15 is 0 Å². The highest BCUT2D eigenvalue weighted by atomic mass is 35.5. The van der Waals surface area contributed by atoms with Crippen LogP contribution in [0.25, 0.3) is 10.1 Å². The van der Waals surface area contributed by atoms with Crippen LogP contribution in [0.2, 0.25) is 5.02 Å². The van der Waals surface area contributed by atoms with Gasteiger partial charge in [-0.1, -0.05) is 35.0 Å². The molecule has 0 aliphatic rings. The summed E-state index contributed by atoms with van der Waals surface area (Å²) in [6.07, 6.45) is 0. The maximum atomic E-state index is 11.0. The summed E-state index contributed by atoms with van der Waals surface area (Å²) < 4.78 is 2.66. The lowest BCUT2D eigenvalue weighted by molar-refractivity contribution is 0.0689. The van der Waals surface area contributed by atoms with Gasteiger partial charge in [0.15, 0.2) is 5.69 Å². The predicted octanol–water partition coefficient (Wildman–Crippen LogP) is 3.20. The van der Waals surface area contributed by atoms with Crippen LogP contribution in [0, 0.1) is 6.92 Å². The fourth-order valence-electron chi connectivity index (χ4n) is 2.01. The number of nitrogens with zero attached hydrogens (tertiary/aromatic N) is 3. The molecule has 2 aromatic heterocycles. The molecular formula is C13H10ClN3O2S. The van der Waals surface area contributed by atoms with Crippen LogP contribution < -0.4 is 0 Å². The van der Waals surface area contributed by atoms with Crippen LogP contribution in [-0.2, 0) is 6.54 Å². The summed E-state index contributed by atoms with van der Waals surface area (Å²) in [7, 11) is 0. The van der Waals surface area contributed by atoms with Gasteiger partial charge in [0.1, 0.15) is 0 Å². The number of carboxylic acids is 1. The van der Waals surface area contributed by atoms with E-state index in [4.69, 9.17) is 16.7 Å². The van der Waals surface area contributed by atoms with Crippen molar-refractivity contribution in [3.63, 3.8) is 0 Å². The van der Waals surface area contributed by atoms with Crippen molar-refractivity contribution in [2.75, 3.05) is 0 Å². The molecule has 3 rings (SSSR count). The number of halogens is 1. The Balaban J connectivity index is 2.01. The molecule has 0 atom stereocenters. The highest BCUT2D eigenvalue weighted by Gasteiger charge is 2.17. The minimum atomic E-state index is -1.07. The molecule has 0 saturated carbocycles. The van der Waals surface area contributed by atoms with Crippen LogP contribution in [-0.4, -0.2) is 26.1 Å². The second-order valence-corrected chi connectivity index (χ2v) is 5.84. The lowest BCUT2D eigenvalue weighted by Gasteiger charge is -2.01. The summed E-state index contributed by atoms with van der Waals surface area (Å²) in [5, 5.41) is 18.2. The largest absolute Gasteiger partial charge is 0.476 e. The Kier molecular flexibility index (Phi) is 3.19.